The van der Waals surface area contributed by atoms with E-state index in [0.29, 0.717) is 0 Å². The van der Waals surface area contributed by atoms with Crippen molar-refractivity contribution in [3.05, 3.63) is 33.8 Å². The van der Waals surface area contributed by atoms with Gasteiger partial charge in [-0.25, -0.2) is 0 Å². The van der Waals surface area contributed by atoms with Crippen molar-refractivity contribution >= 4 is 11.6 Å². The topological polar surface area (TPSA) is 0 Å². The highest BCUT2D eigenvalue weighted by Gasteiger charge is 2.07. The minimum Gasteiger partial charge on any atom is -0.0840 e. The summed E-state index contributed by atoms with van der Waals surface area (Å²) in [5.41, 5.74) is 4.23. The summed E-state index contributed by atoms with van der Waals surface area (Å²) >= 11 is 6.12. The molecule has 0 N–H and O–H groups in total. The fourth-order valence-corrected chi connectivity index (χ4v) is 2.06. The van der Waals surface area contributed by atoms with Gasteiger partial charge in [0.1, 0.15) is 0 Å². The van der Waals surface area contributed by atoms with Crippen molar-refractivity contribution in [1.29, 1.82) is 0 Å². The summed E-state index contributed by atoms with van der Waals surface area (Å²) in [6.07, 6.45) is 4.73. The molecule has 0 saturated carbocycles. The lowest BCUT2D eigenvalue weighted by molar-refractivity contribution is 0.854. The predicted molar refractivity (Wildman–Crippen MR) is 64.2 cm³/mol. The summed E-state index contributed by atoms with van der Waals surface area (Å²) in [7, 11) is 0. The zero-order chi connectivity index (χ0) is 10.6. The Kier molecular flexibility index (Phi) is 4.47. The number of hydrogen-bond donors (Lipinski definition) is 0. The second-order valence-electron chi connectivity index (χ2n) is 3.81. The highest BCUT2D eigenvalue weighted by Crippen LogP contribution is 2.24. The van der Waals surface area contributed by atoms with Crippen molar-refractivity contribution in [3.63, 3.8) is 0 Å². The van der Waals surface area contributed by atoms with E-state index in [4.69, 9.17) is 11.6 Å². The number of aryl methyl sites for hydroxylation is 1. The summed E-state index contributed by atoms with van der Waals surface area (Å²) in [5.74, 6) is 0. The number of rotatable bonds is 4. The zero-order valence-corrected chi connectivity index (χ0v) is 10.1. The molecule has 0 aliphatic heterocycles. The molecule has 0 unspecified atom stereocenters. The van der Waals surface area contributed by atoms with Crippen LogP contribution < -0.4 is 0 Å². The first-order valence-corrected chi connectivity index (χ1v) is 5.85. The molecule has 0 bridgehead atoms. The average Bonchev–Trinajstić information content (AvgIpc) is 2.18. The van der Waals surface area contributed by atoms with Gasteiger partial charge in [-0.1, -0.05) is 44.4 Å². The summed E-state index contributed by atoms with van der Waals surface area (Å²) in [4.78, 5) is 0. The lowest BCUT2D eigenvalue weighted by atomic mass is 9.95. The second kappa shape index (κ2) is 5.41. The Morgan fingerprint density at radius 2 is 1.71 bits per heavy atom. The number of halogens is 1. The van der Waals surface area contributed by atoms with Crippen LogP contribution in [-0.2, 0) is 12.8 Å². The Morgan fingerprint density at radius 3 is 2.29 bits per heavy atom. The molecule has 0 radical (unpaired) electrons. The van der Waals surface area contributed by atoms with E-state index in [9.17, 15) is 0 Å². The largest absolute Gasteiger partial charge is 0.0840 e. The highest BCUT2D eigenvalue weighted by atomic mass is 35.5. The third-order valence-electron chi connectivity index (χ3n) is 2.65. The molecule has 0 atom stereocenters. The molecule has 14 heavy (non-hydrogen) atoms. The van der Waals surface area contributed by atoms with Gasteiger partial charge in [-0.05, 0) is 42.5 Å². The quantitative estimate of drug-likeness (QED) is 0.684. The van der Waals surface area contributed by atoms with Crippen molar-refractivity contribution in [2.24, 2.45) is 0 Å². The van der Waals surface area contributed by atoms with E-state index in [2.05, 4.69) is 26.8 Å². The molecule has 0 aliphatic carbocycles. The van der Waals surface area contributed by atoms with Gasteiger partial charge in [-0.15, -0.1) is 0 Å². The second-order valence-corrected chi connectivity index (χ2v) is 4.22. The monoisotopic (exact) mass is 210 g/mol. The molecule has 0 aromatic heterocycles. The van der Waals surface area contributed by atoms with Gasteiger partial charge in [0, 0.05) is 5.02 Å². The molecule has 0 aliphatic rings. The van der Waals surface area contributed by atoms with E-state index in [0.717, 1.165) is 11.4 Å². The molecule has 0 spiro atoms. The minimum absolute atomic E-state index is 0.910. The Bertz CT molecular complexity index is 302. The maximum atomic E-state index is 6.12. The molecular weight excluding hydrogens is 192 g/mol. The normalized spacial score (nSPS) is 10.6. The van der Waals surface area contributed by atoms with Crippen LogP contribution in [0.5, 0.6) is 0 Å². The van der Waals surface area contributed by atoms with Crippen LogP contribution in [0.4, 0.5) is 0 Å². The SMILES string of the molecule is CCCc1ccc(Cl)c(C)c1CCC. The van der Waals surface area contributed by atoms with E-state index in [-0.39, 0.29) is 0 Å². The van der Waals surface area contributed by atoms with Gasteiger partial charge >= 0.3 is 0 Å². The van der Waals surface area contributed by atoms with E-state index < -0.39 is 0 Å². The summed E-state index contributed by atoms with van der Waals surface area (Å²) in [6.45, 7) is 6.57. The van der Waals surface area contributed by atoms with E-state index in [1.165, 1.54) is 36.0 Å². The van der Waals surface area contributed by atoms with Crippen LogP contribution in [0.1, 0.15) is 43.4 Å². The first-order valence-electron chi connectivity index (χ1n) is 5.47. The van der Waals surface area contributed by atoms with E-state index >= 15 is 0 Å². The number of hydrogen-bond acceptors (Lipinski definition) is 0. The van der Waals surface area contributed by atoms with Crippen LogP contribution in [0.3, 0.4) is 0 Å². The molecule has 0 amide bonds. The third-order valence-corrected chi connectivity index (χ3v) is 3.06. The number of benzene rings is 1. The fourth-order valence-electron chi connectivity index (χ4n) is 1.89. The van der Waals surface area contributed by atoms with Crippen molar-refractivity contribution < 1.29 is 0 Å². The van der Waals surface area contributed by atoms with Crippen molar-refractivity contribution in [3.8, 4) is 0 Å². The van der Waals surface area contributed by atoms with E-state index in [1.54, 1.807) is 0 Å². The van der Waals surface area contributed by atoms with Gasteiger partial charge in [0.25, 0.3) is 0 Å². The van der Waals surface area contributed by atoms with Crippen LogP contribution in [0.25, 0.3) is 0 Å². The zero-order valence-electron chi connectivity index (χ0n) is 9.36. The summed E-state index contributed by atoms with van der Waals surface area (Å²) in [5, 5.41) is 0.910. The lowest BCUT2D eigenvalue weighted by Crippen LogP contribution is -1.97. The molecular formula is C13H19Cl. The average molecular weight is 211 g/mol. The van der Waals surface area contributed by atoms with E-state index in [1.807, 2.05) is 6.07 Å². The highest BCUT2D eigenvalue weighted by molar-refractivity contribution is 6.31. The van der Waals surface area contributed by atoms with Gasteiger partial charge in [0.15, 0.2) is 0 Å². The minimum atomic E-state index is 0.910. The first kappa shape index (κ1) is 11.6. The Balaban J connectivity index is 3.08. The standard InChI is InChI=1S/C13H19Cl/c1-4-6-11-8-9-13(14)10(3)12(11)7-5-2/h8-9H,4-7H2,1-3H3. The fraction of sp³-hybridized carbons (Fsp3) is 0.538. The summed E-state index contributed by atoms with van der Waals surface area (Å²) < 4.78 is 0. The van der Waals surface area contributed by atoms with Crippen LogP contribution in [-0.4, -0.2) is 0 Å². The van der Waals surface area contributed by atoms with Crippen LogP contribution in [0.15, 0.2) is 12.1 Å². The van der Waals surface area contributed by atoms with Gasteiger partial charge in [-0.2, -0.15) is 0 Å². The molecule has 78 valence electrons. The van der Waals surface area contributed by atoms with Crippen molar-refractivity contribution in [2.75, 3.05) is 0 Å². The van der Waals surface area contributed by atoms with Gasteiger partial charge < -0.3 is 0 Å². The Hall–Kier alpha value is -0.490. The van der Waals surface area contributed by atoms with Gasteiger partial charge in [0.2, 0.25) is 0 Å². The lowest BCUT2D eigenvalue weighted by Gasteiger charge is -2.12. The Morgan fingerprint density at radius 1 is 1.07 bits per heavy atom. The van der Waals surface area contributed by atoms with Crippen LogP contribution in [0.2, 0.25) is 5.02 Å². The first-order chi connectivity index (χ1) is 6.70. The van der Waals surface area contributed by atoms with Crippen molar-refractivity contribution in [2.45, 2.75) is 46.5 Å². The molecule has 1 aromatic carbocycles. The van der Waals surface area contributed by atoms with Gasteiger partial charge in [0.05, 0.1) is 0 Å². The maximum Gasteiger partial charge on any atom is 0.0438 e. The molecule has 0 saturated heterocycles. The van der Waals surface area contributed by atoms with Crippen LogP contribution in [0, 0.1) is 6.92 Å². The molecule has 0 fully saturated rings. The molecule has 1 heteroatoms. The molecule has 0 nitrogen and oxygen atoms in total. The molecule has 0 heterocycles. The van der Waals surface area contributed by atoms with Crippen molar-refractivity contribution in [1.82, 2.24) is 0 Å². The predicted octanol–water partition coefficient (Wildman–Crippen LogP) is 4.55. The third kappa shape index (κ3) is 2.51. The Labute approximate surface area is 92.3 Å². The molecule has 1 aromatic rings. The summed E-state index contributed by atoms with van der Waals surface area (Å²) in [6, 6.07) is 4.21. The van der Waals surface area contributed by atoms with Gasteiger partial charge in [-0.3, -0.25) is 0 Å². The smallest absolute Gasteiger partial charge is 0.0438 e. The van der Waals surface area contributed by atoms with Crippen LogP contribution >= 0.6 is 11.6 Å². The maximum absolute atomic E-state index is 6.12. The molecule has 1 rings (SSSR count).